The Bertz CT molecular complexity index is 580. The van der Waals surface area contributed by atoms with E-state index in [0.717, 1.165) is 12.3 Å². The first kappa shape index (κ1) is 16.1. The fraction of sp³-hybridized carbons (Fsp3) is 0.400. The molecule has 0 aromatic carbocycles. The molecule has 1 heterocycles. The van der Waals surface area contributed by atoms with Gasteiger partial charge < -0.3 is 20.1 Å². The highest BCUT2D eigenvalue weighted by Gasteiger charge is 2.18. The standard InChI is InChI=1S/C10H15N3O6S/c1-19-3-2-11-9(14)6-13-20(17,18)7-4-8(10(15)16)12-5-7/h4-5,12-13H,2-3,6H2,1H3,(H,11,14)(H,15,16). The molecule has 112 valence electrons. The van der Waals surface area contributed by atoms with Gasteiger partial charge in [-0.15, -0.1) is 0 Å². The molecule has 1 aromatic rings. The smallest absolute Gasteiger partial charge is 0.352 e. The molecular formula is C10H15N3O6S. The summed E-state index contributed by atoms with van der Waals surface area (Å²) in [6, 6.07) is 0.966. The number of aromatic amines is 1. The Morgan fingerprint density at radius 1 is 1.45 bits per heavy atom. The maximum Gasteiger partial charge on any atom is 0.352 e. The van der Waals surface area contributed by atoms with E-state index in [-0.39, 0.29) is 17.1 Å². The predicted octanol–water partition coefficient (Wildman–Crippen LogP) is -1.25. The highest BCUT2D eigenvalue weighted by Crippen LogP contribution is 2.10. The van der Waals surface area contributed by atoms with Crippen LogP contribution in [-0.2, 0) is 19.6 Å². The number of nitrogens with one attached hydrogen (secondary N) is 3. The van der Waals surface area contributed by atoms with Crippen molar-refractivity contribution in [2.45, 2.75) is 4.90 Å². The summed E-state index contributed by atoms with van der Waals surface area (Å²) in [5.74, 6) is -1.79. The minimum absolute atomic E-state index is 0.250. The number of carboxylic acids is 1. The molecule has 10 heteroatoms. The molecule has 0 saturated heterocycles. The number of aromatic carboxylic acids is 1. The lowest BCUT2D eigenvalue weighted by Crippen LogP contribution is -2.38. The van der Waals surface area contributed by atoms with Gasteiger partial charge in [0, 0.05) is 19.9 Å². The van der Waals surface area contributed by atoms with Crippen LogP contribution < -0.4 is 10.0 Å². The van der Waals surface area contributed by atoms with E-state index in [1.54, 1.807) is 0 Å². The Balaban J connectivity index is 2.56. The predicted molar refractivity (Wildman–Crippen MR) is 67.8 cm³/mol. The largest absolute Gasteiger partial charge is 0.477 e. The molecule has 1 amide bonds. The summed E-state index contributed by atoms with van der Waals surface area (Å²) in [7, 11) is -2.46. The van der Waals surface area contributed by atoms with Crippen LogP contribution in [0.15, 0.2) is 17.2 Å². The maximum absolute atomic E-state index is 11.8. The van der Waals surface area contributed by atoms with Gasteiger partial charge in [-0.1, -0.05) is 0 Å². The van der Waals surface area contributed by atoms with Crippen molar-refractivity contribution in [3.05, 3.63) is 18.0 Å². The normalized spacial score (nSPS) is 11.2. The molecule has 0 bridgehead atoms. The summed E-state index contributed by atoms with van der Waals surface area (Å²) in [4.78, 5) is 24.0. The van der Waals surface area contributed by atoms with Gasteiger partial charge in [0.25, 0.3) is 0 Å². The molecule has 0 aliphatic carbocycles. The van der Waals surface area contributed by atoms with Gasteiger partial charge in [-0.05, 0) is 6.07 Å². The second-order valence-electron chi connectivity index (χ2n) is 3.72. The zero-order valence-electron chi connectivity index (χ0n) is 10.7. The van der Waals surface area contributed by atoms with Gasteiger partial charge in [0.2, 0.25) is 15.9 Å². The van der Waals surface area contributed by atoms with Crippen molar-refractivity contribution in [1.82, 2.24) is 15.0 Å². The summed E-state index contributed by atoms with van der Waals surface area (Å²) in [6.07, 6.45) is 1.04. The minimum Gasteiger partial charge on any atom is -0.477 e. The van der Waals surface area contributed by atoms with Crippen molar-refractivity contribution in [3.8, 4) is 0 Å². The quantitative estimate of drug-likeness (QED) is 0.443. The van der Waals surface area contributed by atoms with Crippen molar-refractivity contribution in [3.63, 3.8) is 0 Å². The van der Waals surface area contributed by atoms with E-state index in [0.29, 0.717) is 6.61 Å². The minimum atomic E-state index is -3.94. The summed E-state index contributed by atoms with van der Waals surface area (Å²) >= 11 is 0. The fourth-order valence-corrected chi connectivity index (χ4v) is 2.23. The molecule has 0 unspecified atom stereocenters. The molecule has 20 heavy (non-hydrogen) atoms. The number of carbonyl (C=O) groups is 2. The monoisotopic (exact) mass is 305 g/mol. The van der Waals surface area contributed by atoms with Crippen LogP contribution in [0.5, 0.6) is 0 Å². The van der Waals surface area contributed by atoms with Crippen LogP contribution in [-0.4, -0.2) is 57.2 Å². The SMILES string of the molecule is COCCNC(=O)CNS(=O)(=O)c1c[nH]c(C(=O)O)c1. The van der Waals surface area contributed by atoms with Gasteiger partial charge >= 0.3 is 5.97 Å². The Kier molecular flexibility index (Phi) is 5.67. The molecule has 1 aromatic heterocycles. The molecule has 0 fully saturated rings. The Hall–Kier alpha value is -1.91. The molecule has 0 aliphatic rings. The van der Waals surface area contributed by atoms with Crippen molar-refractivity contribution < 1.29 is 27.9 Å². The number of methoxy groups -OCH3 is 1. The third-order valence-corrected chi connectivity index (χ3v) is 3.63. The lowest BCUT2D eigenvalue weighted by molar-refractivity contribution is -0.120. The van der Waals surface area contributed by atoms with Gasteiger partial charge in [0.15, 0.2) is 0 Å². The molecule has 0 aliphatic heterocycles. The van der Waals surface area contributed by atoms with E-state index in [9.17, 15) is 18.0 Å². The molecule has 0 radical (unpaired) electrons. The third kappa shape index (κ3) is 4.64. The van der Waals surface area contributed by atoms with E-state index in [2.05, 4.69) is 15.0 Å². The van der Waals surface area contributed by atoms with Crippen LogP contribution in [0.25, 0.3) is 0 Å². The van der Waals surface area contributed by atoms with Crippen LogP contribution in [0.4, 0.5) is 0 Å². The zero-order chi connectivity index (χ0) is 15.2. The summed E-state index contributed by atoms with van der Waals surface area (Å²) in [5, 5.41) is 11.1. The van der Waals surface area contributed by atoms with E-state index < -0.39 is 28.4 Å². The second kappa shape index (κ2) is 7.03. The van der Waals surface area contributed by atoms with Gasteiger partial charge in [0.1, 0.15) is 10.6 Å². The number of carbonyl (C=O) groups excluding carboxylic acids is 1. The molecular weight excluding hydrogens is 290 g/mol. The van der Waals surface area contributed by atoms with Crippen LogP contribution in [0.3, 0.4) is 0 Å². The van der Waals surface area contributed by atoms with Gasteiger partial charge in [-0.3, -0.25) is 4.79 Å². The van der Waals surface area contributed by atoms with Gasteiger partial charge in [0.05, 0.1) is 13.2 Å². The number of H-pyrrole nitrogens is 1. The topological polar surface area (TPSA) is 138 Å². The highest BCUT2D eigenvalue weighted by molar-refractivity contribution is 7.89. The lowest BCUT2D eigenvalue weighted by atomic mass is 10.4. The number of hydrogen-bond acceptors (Lipinski definition) is 5. The first-order valence-electron chi connectivity index (χ1n) is 5.54. The maximum atomic E-state index is 11.8. The van der Waals surface area contributed by atoms with Crippen molar-refractivity contribution >= 4 is 21.9 Å². The lowest BCUT2D eigenvalue weighted by Gasteiger charge is -2.06. The second-order valence-corrected chi connectivity index (χ2v) is 5.49. The molecule has 0 spiro atoms. The van der Waals surface area contributed by atoms with Crippen LogP contribution in [0.1, 0.15) is 10.5 Å². The number of rotatable bonds is 8. The van der Waals surface area contributed by atoms with Gasteiger partial charge in [-0.2, -0.15) is 0 Å². The molecule has 9 nitrogen and oxygen atoms in total. The number of amides is 1. The Morgan fingerprint density at radius 2 is 2.15 bits per heavy atom. The number of aromatic nitrogens is 1. The average Bonchev–Trinajstić information content (AvgIpc) is 2.87. The van der Waals surface area contributed by atoms with Gasteiger partial charge in [-0.25, -0.2) is 17.9 Å². The van der Waals surface area contributed by atoms with Crippen molar-refractivity contribution in [2.24, 2.45) is 0 Å². The first-order valence-corrected chi connectivity index (χ1v) is 7.02. The van der Waals surface area contributed by atoms with Crippen LogP contribution >= 0.6 is 0 Å². The van der Waals surface area contributed by atoms with Crippen LogP contribution in [0, 0.1) is 0 Å². The van der Waals surface area contributed by atoms with E-state index in [1.165, 1.54) is 7.11 Å². The number of carboxylic acid groups (broad SMARTS) is 1. The Labute approximate surface area is 115 Å². The molecule has 0 saturated carbocycles. The fourth-order valence-electron chi connectivity index (χ4n) is 1.25. The highest BCUT2D eigenvalue weighted by atomic mass is 32.2. The summed E-state index contributed by atoms with van der Waals surface area (Å²) in [6.45, 7) is 0.141. The number of sulfonamides is 1. The molecule has 4 N–H and O–H groups in total. The average molecular weight is 305 g/mol. The number of hydrogen-bond donors (Lipinski definition) is 4. The Morgan fingerprint density at radius 3 is 2.70 bits per heavy atom. The zero-order valence-corrected chi connectivity index (χ0v) is 11.5. The van der Waals surface area contributed by atoms with E-state index >= 15 is 0 Å². The van der Waals surface area contributed by atoms with E-state index in [4.69, 9.17) is 9.84 Å². The van der Waals surface area contributed by atoms with Crippen molar-refractivity contribution in [1.29, 1.82) is 0 Å². The first-order chi connectivity index (χ1) is 9.36. The van der Waals surface area contributed by atoms with Crippen LogP contribution in [0.2, 0.25) is 0 Å². The molecule has 0 atom stereocenters. The van der Waals surface area contributed by atoms with Crippen molar-refractivity contribution in [2.75, 3.05) is 26.8 Å². The third-order valence-electron chi connectivity index (χ3n) is 2.25. The summed E-state index contributed by atoms with van der Waals surface area (Å²) < 4.78 is 30.3. The number of ether oxygens (including phenoxy) is 1. The van der Waals surface area contributed by atoms with E-state index in [1.807, 2.05) is 0 Å². The summed E-state index contributed by atoms with van der Waals surface area (Å²) in [5.41, 5.74) is -0.255. The molecule has 1 rings (SSSR count).